The molecule has 2 atom stereocenters. The van der Waals surface area contributed by atoms with Crippen LogP contribution < -0.4 is 5.73 Å². The van der Waals surface area contributed by atoms with E-state index in [1.54, 1.807) is 0 Å². The van der Waals surface area contributed by atoms with E-state index in [-0.39, 0.29) is 5.97 Å². The van der Waals surface area contributed by atoms with E-state index in [1.807, 2.05) is 6.92 Å². The molecule has 1 aliphatic rings. The fourth-order valence-corrected chi connectivity index (χ4v) is 2.97. The van der Waals surface area contributed by atoms with E-state index in [9.17, 15) is 4.79 Å². The maximum atomic E-state index is 11.7. The summed E-state index contributed by atoms with van der Waals surface area (Å²) in [5.41, 5.74) is 5.87. The molecule has 0 spiro atoms. The summed E-state index contributed by atoms with van der Waals surface area (Å²) >= 11 is 0. The van der Waals surface area contributed by atoms with Gasteiger partial charge in [0.05, 0.1) is 13.2 Å². The third-order valence-corrected chi connectivity index (χ3v) is 3.79. The van der Waals surface area contributed by atoms with Crippen LogP contribution in [0.2, 0.25) is 0 Å². The van der Waals surface area contributed by atoms with E-state index in [2.05, 4.69) is 11.8 Å². The van der Waals surface area contributed by atoms with Crippen LogP contribution in [0.1, 0.15) is 46.0 Å². The fourth-order valence-electron chi connectivity index (χ4n) is 2.97. The first-order chi connectivity index (χ1) is 8.72. The van der Waals surface area contributed by atoms with Crippen LogP contribution in [0, 0.1) is 5.92 Å². The van der Waals surface area contributed by atoms with Crippen molar-refractivity contribution < 1.29 is 9.53 Å². The van der Waals surface area contributed by atoms with Crippen LogP contribution in [0.15, 0.2) is 0 Å². The van der Waals surface area contributed by atoms with Crippen LogP contribution in [0.5, 0.6) is 0 Å². The van der Waals surface area contributed by atoms with Gasteiger partial charge < -0.3 is 10.5 Å². The normalized spacial score (nSPS) is 24.2. The molecule has 0 radical (unpaired) electrons. The molecule has 1 aliphatic carbocycles. The second-order valence-corrected chi connectivity index (χ2v) is 5.12. The molecule has 0 heterocycles. The van der Waals surface area contributed by atoms with Crippen LogP contribution in [-0.4, -0.2) is 43.2 Å². The topological polar surface area (TPSA) is 55.6 Å². The molecule has 0 saturated heterocycles. The highest BCUT2D eigenvalue weighted by Gasteiger charge is 2.30. The zero-order chi connectivity index (χ0) is 13.4. The Labute approximate surface area is 111 Å². The number of nitrogens with two attached hydrogens (primary N) is 1. The van der Waals surface area contributed by atoms with Crippen molar-refractivity contribution in [2.75, 3.05) is 26.2 Å². The van der Waals surface area contributed by atoms with Crippen molar-refractivity contribution in [3.63, 3.8) is 0 Å². The Bertz CT molecular complexity index is 246. The maximum absolute atomic E-state index is 11.7. The highest BCUT2D eigenvalue weighted by atomic mass is 16.5. The molecule has 0 aromatic heterocycles. The van der Waals surface area contributed by atoms with Gasteiger partial charge in [-0.3, -0.25) is 9.69 Å². The molecule has 2 unspecified atom stereocenters. The summed E-state index contributed by atoms with van der Waals surface area (Å²) in [6.45, 7) is 6.57. The predicted octanol–water partition coefficient (Wildman–Crippen LogP) is 1.78. The lowest BCUT2D eigenvalue weighted by Crippen LogP contribution is -2.47. The molecule has 18 heavy (non-hydrogen) atoms. The lowest BCUT2D eigenvalue weighted by molar-refractivity contribution is -0.145. The van der Waals surface area contributed by atoms with E-state index in [1.165, 1.54) is 25.7 Å². The Morgan fingerprint density at radius 3 is 2.67 bits per heavy atom. The summed E-state index contributed by atoms with van der Waals surface area (Å²) in [4.78, 5) is 14.0. The number of carbonyl (C=O) groups excluding carboxylic acids is 1. The number of esters is 1. The summed E-state index contributed by atoms with van der Waals surface area (Å²) in [6, 6.07) is 0.466. The van der Waals surface area contributed by atoms with Crippen molar-refractivity contribution in [3.8, 4) is 0 Å². The molecule has 0 amide bonds. The first kappa shape index (κ1) is 15.4. The zero-order valence-electron chi connectivity index (χ0n) is 11.9. The molecule has 1 saturated carbocycles. The van der Waals surface area contributed by atoms with E-state index >= 15 is 0 Å². The molecule has 2 N–H and O–H groups in total. The zero-order valence-corrected chi connectivity index (χ0v) is 11.9. The quantitative estimate of drug-likeness (QED) is 0.705. The molecule has 106 valence electrons. The first-order valence-corrected chi connectivity index (χ1v) is 7.32. The molecule has 0 aliphatic heterocycles. The molecule has 1 rings (SSSR count). The summed E-state index contributed by atoms with van der Waals surface area (Å²) in [5, 5.41) is 0. The second kappa shape index (κ2) is 8.48. The summed E-state index contributed by atoms with van der Waals surface area (Å²) in [6.07, 6.45) is 5.96. The Morgan fingerprint density at radius 1 is 1.33 bits per heavy atom. The van der Waals surface area contributed by atoms with Gasteiger partial charge in [0, 0.05) is 6.04 Å². The van der Waals surface area contributed by atoms with Gasteiger partial charge in [-0.15, -0.1) is 0 Å². The molecular formula is C14H28N2O2. The van der Waals surface area contributed by atoms with E-state index in [0.29, 0.717) is 25.1 Å². The molecule has 4 heteroatoms. The standard InChI is InChI=1S/C14H28N2O2/c1-3-9-16(11-14(17)18-4-2)13-8-6-5-7-12(13)10-15/h12-13H,3-11,15H2,1-2H3. The molecule has 0 aromatic rings. The number of carbonyl (C=O) groups is 1. The number of nitrogens with zero attached hydrogens (tertiary/aromatic N) is 1. The average molecular weight is 256 g/mol. The Balaban J connectivity index is 2.60. The minimum Gasteiger partial charge on any atom is -0.465 e. The highest BCUT2D eigenvalue weighted by Crippen LogP contribution is 2.28. The monoisotopic (exact) mass is 256 g/mol. The molecule has 1 fully saturated rings. The summed E-state index contributed by atoms with van der Waals surface area (Å²) < 4.78 is 5.07. The molecule has 0 aromatic carbocycles. The maximum Gasteiger partial charge on any atom is 0.320 e. The van der Waals surface area contributed by atoms with Gasteiger partial charge in [0.15, 0.2) is 0 Å². The third-order valence-electron chi connectivity index (χ3n) is 3.79. The number of ether oxygens (including phenoxy) is 1. The van der Waals surface area contributed by atoms with Crippen molar-refractivity contribution in [1.29, 1.82) is 0 Å². The van der Waals surface area contributed by atoms with Crippen molar-refractivity contribution in [1.82, 2.24) is 4.90 Å². The smallest absolute Gasteiger partial charge is 0.320 e. The molecule has 0 bridgehead atoms. The fraction of sp³-hybridized carbons (Fsp3) is 0.929. The van der Waals surface area contributed by atoms with Gasteiger partial charge in [0.1, 0.15) is 0 Å². The van der Waals surface area contributed by atoms with Gasteiger partial charge in [0.2, 0.25) is 0 Å². The van der Waals surface area contributed by atoms with Crippen LogP contribution in [0.4, 0.5) is 0 Å². The van der Waals surface area contributed by atoms with Gasteiger partial charge in [0.25, 0.3) is 0 Å². The van der Waals surface area contributed by atoms with Crippen LogP contribution in [0.25, 0.3) is 0 Å². The van der Waals surface area contributed by atoms with Crippen molar-refractivity contribution in [2.45, 2.75) is 52.0 Å². The lowest BCUT2D eigenvalue weighted by atomic mass is 9.83. The second-order valence-electron chi connectivity index (χ2n) is 5.12. The van der Waals surface area contributed by atoms with Crippen molar-refractivity contribution >= 4 is 5.97 Å². The average Bonchev–Trinajstić information content (AvgIpc) is 2.38. The van der Waals surface area contributed by atoms with Gasteiger partial charge in [-0.1, -0.05) is 19.8 Å². The van der Waals surface area contributed by atoms with Gasteiger partial charge in [-0.25, -0.2) is 0 Å². The van der Waals surface area contributed by atoms with Crippen molar-refractivity contribution in [3.05, 3.63) is 0 Å². The van der Waals surface area contributed by atoms with Gasteiger partial charge in [-0.05, 0) is 45.2 Å². The van der Waals surface area contributed by atoms with E-state index in [4.69, 9.17) is 10.5 Å². The summed E-state index contributed by atoms with van der Waals surface area (Å²) in [7, 11) is 0. The van der Waals surface area contributed by atoms with Gasteiger partial charge >= 0.3 is 5.97 Å². The number of hydrogen-bond donors (Lipinski definition) is 1. The Kier molecular flexibility index (Phi) is 7.28. The SMILES string of the molecule is CCCN(CC(=O)OCC)C1CCCCC1CN. The van der Waals surface area contributed by atoms with Gasteiger partial charge in [-0.2, -0.15) is 0 Å². The highest BCUT2D eigenvalue weighted by molar-refractivity contribution is 5.71. The third kappa shape index (κ3) is 4.58. The first-order valence-electron chi connectivity index (χ1n) is 7.32. The van der Waals surface area contributed by atoms with E-state index < -0.39 is 0 Å². The number of hydrogen-bond acceptors (Lipinski definition) is 4. The number of rotatable bonds is 7. The van der Waals surface area contributed by atoms with Crippen molar-refractivity contribution in [2.24, 2.45) is 11.7 Å². The Hall–Kier alpha value is -0.610. The van der Waals surface area contributed by atoms with Crippen LogP contribution >= 0.6 is 0 Å². The lowest BCUT2D eigenvalue weighted by Gasteiger charge is -2.39. The summed E-state index contributed by atoms with van der Waals surface area (Å²) in [5.74, 6) is 0.437. The molecule has 4 nitrogen and oxygen atoms in total. The Morgan fingerprint density at radius 2 is 2.06 bits per heavy atom. The largest absolute Gasteiger partial charge is 0.465 e. The molecular weight excluding hydrogens is 228 g/mol. The minimum atomic E-state index is -0.104. The van der Waals surface area contributed by atoms with E-state index in [0.717, 1.165) is 19.5 Å². The van der Waals surface area contributed by atoms with Crippen LogP contribution in [-0.2, 0) is 9.53 Å². The predicted molar refractivity (Wildman–Crippen MR) is 73.3 cm³/mol. The van der Waals surface area contributed by atoms with Crippen LogP contribution in [0.3, 0.4) is 0 Å². The minimum absolute atomic E-state index is 0.104.